The van der Waals surface area contributed by atoms with Crippen molar-refractivity contribution in [1.29, 1.82) is 0 Å². The number of halogens is 1. The summed E-state index contributed by atoms with van der Waals surface area (Å²) in [4.78, 5) is 4.14. The Balaban J connectivity index is 2.10. The molecule has 0 spiro atoms. The third kappa shape index (κ3) is 1.96. The SMILES string of the molecule is Cn1cc(Cn2cnc(CCl)c2)cn1. The first-order valence-corrected chi connectivity index (χ1v) is 4.85. The largest absolute Gasteiger partial charge is 0.333 e. The van der Waals surface area contributed by atoms with Crippen LogP contribution in [-0.2, 0) is 19.5 Å². The van der Waals surface area contributed by atoms with Crippen LogP contribution >= 0.6 is 11.6 Å². The van der Waals surface area contributed by atoms with E-state index in [-0.39, 0.29) is 0 Å². The Morgan fingerprint density at radius 1 is 1.43 bits per heavy atom. The van der Waals surface area contributed by atoms with Crippen molar-refractivity contribution in [1.82, 2.24) is 19.3 Å². The van der Waals surface area contributed by atoms with Gasteiger partial charge in [0.05, 0.1) is 30.6 Å². The zero-order chi connectivity index (χ0) is 9.97. The van der Waals surface area contributed by atoms with E-state index in [4.69, 9.17) is 11.6 Å². The average Bonchev–Trinajstić information content (AvgIpc) is 2.76. The van der Waals surface area contributed by atoms with E-state index in [9.17, 15) is 0 Å². The highest BCUT2D eigenvalue weighted by Crippen LogP contribution is 2.04. The molecule has 2 rings (SSSR count). The van der Waals surface area contributed by atoms with Gasteiger partial charge in [-0.3, -0.25) is 4.68 Å². The summed E-state index contributed by atoms with van der Waals surface area (Å²) in [5.74, 6) is 0.458. The molecule has 0 aliphatic rings. The van der Waals surface area contributed by atoms with E-state index in [0.29, 0.717) is 5.88 Å². The van der Waals surface area contributed by atoms with E-state index >= 15 is 0 Å². The van der Waals surface area contributed by atoms with Crippen LogP contribution < -0.4 is 0 Å². The molecule has 0 aliphatic carbocycles. The molecule has 4 nitrogen and oxygen atoms in total. The Morgan fingerprint density at radius 3 is 2.86 bits per heavy atom. The molecule has 0 saturated heterocycles. The zero-order valence-electron chi connectivity index (χ0n) is 7.89. The fourth-order valence-corrected chi connectivity index (χ4v) is 1.46. The van der Waals surface area contributed by atoms with Crippen LogP contribution in [-0.4, -0.2) is 19.3 Å². The Kier molecular flexibility index (Phi) is 2.54. The normalized spacial score (nSPS) is 10.7. The molecule has 0 bridgehead atoms. The average molecular weight is 211 g/mol. The Hall–Kier alpha value is -1.29. The van der Waals surface area contributed by atoms with Crippen molar-refractivity contribution in [3.63, 3.8) is 0 Å². The summed E-state index contributed by atoms with van der Waals surface area (Å²) in [5, 5.41) is 4.10. The summed E-state index contributed by atoms with van der Waals surface area (Å²) >= 11 is 5.66. The number of nitrogens with zero attached hydrogens (tertiary/aromatic N) is 4. The van der Waals surface area contributed by atoms with Crippen LogP contribution in [0, 0.1) is 0 Å². The smallest absolute Gasteiger partial charge is 0.0953 e. The van der Waals surface area contributed by atoms with Gasteiger partial charge in [-0.1, -0.05) is 0 Å². The van der Waals surface area contributed by atoms with E-state index < -0.39 is 0 Å². The predicted octanol–water partition coefficient (Wildman–Crippen LogP) is 1.40. The summed E-state index contributed by atoms with van der Waals surface area (Å²) in [7, 11) is 1.90. The summed E-state index contributed by atoms with van der Waals surface area (Å²) in [6.45, 7) is 0.789. The van der Waals surface area contributed by atoms with Crippen molar-refractivity contribution in [3.05, 3.63) is 36.2 Å². The van der Waals surface area contributed by atoms with Crippen molar-refractivity contribution in [3.8, 4) is 0 Å². The first-order valence-electron chi connectivity index (χ1n) is 4.32. The topological polar surface area (TPSA) is 35.6 Å². The van der Waals surface area contributed by atoms with Crippen molar-refractivity contribution in [2.24, 2.45) is 7.05 Å². The lowest BCUT2D eigenvalue weighted by Crippen LogP contribution is -1.94. The zero-order valence-corrected chi connectivity index (χ0v) is 8.65. The summed E-state index contributed by atoms with van der Waals surface area (Å²) in [6, 6.07) is 0. The minimum Gasteiger partial charge on any atom is -0.333 e. The molecule has 0 N–H and O–H groups in total. The fraction of sp³-hybridized carbons (Fsp3) is 0.333. The third-order valence-electron chi connectivity index (χ3n) is 1.95. The molecule has 0 aromatic carbocycles. The Labute approximate surface area is 87.1 Å². The van der Waals surface area contributed by atoms with E-state index in [0.717, 1.165) is 17.8 Å². The lowest BCUT2D eigenvalue weighted by atomic mass is 10.3. The second-order valence-electron chi connectivity index (χ2n) is 3.19. The van der Waals surface area contributed by atoms with Gasteiger partial charge in [-0.2, -0.15) is 5.10 Å². The van der Waals surface area contributed by atoms with Gasteiger partial charge in [0.2, 0.25) is 0 Å². The van der Waals surface area contributed by atoms with Crippen LogP contribution in [0.3, 0.4) is 0 Å². The number of aryl methyl sites for hydroxylation is 1. The lowest BCUT2D eigenvalue weighted by Gasteiger charge is -1.96. The second-order valence-corrected chi connectivity index (χ2v) is 3.46. The molecule has 0 atom stereocenters. The predicted molar refractivity (Wildman–Crippen MR) is 54.1 cm³/mol. The third-order valence-corrected chi connectivity index (χ3v) is 2.22. The highest BCUT2D eigenvalue weighted by Gasteiger charge is 1.99. The summed E-state index contributed by atoms with van der Waals surface area (Å²) in [5.41, 5.74) is 2.06. The van der Waals surface area contributed by atoms with Gasteiger partial charge in [-0.15, -0.1) is 11.6 Å². The molecule has 0 amide bonds. The highest BCUT2D eigenvalue weighted by molar-refractivity contribution is 6.16. The van der Waals surface area contributed by atoms with Crippen LogP contribution in [0.2, 0.25) is 0 Å². The first kappa shape index (κ1) is 9.27. The van der Waals surface area contributed by atoms with Crippen LogP contribution in [0.25, 0.3) is 0 Å². The monoisotopic (exact) mass is 210 g/mol. The summed E-state index contributed by atoms with van der Waals surface area (Å²) in [6.07, 6.45) is 7.56. The van der Waals surface area contributed by atoms with Gasteiger partial charge in [0, 0.05) is 25.0 Å². The van der Waals surface area contributed by atoms with Crippen LogP contribution in [0.15, 0.2) is 24.9 Å². The van der Waals surface area contributed by atoms with Crippen LogP contribution in [0.5, 0.6) is 0 Å². The molecule has 2 heterocycles. The van der Waals surface area contributed by atoms with Gasteiger partial charge < -0.3 is 4.57 Å². The van der Waals surface area contributed by atoms with Crippen molar-refractivity contribution >= 4 is 11.6 Å². The molecule has 74 valence electrons. The van der Waals surface area contributed by atoms with Crippen molar-refractivity contribution in [2.45, 2.75) is 12.4 Å². The number of aromatic nitrogens is 4. The number of rotatable bonds is 3. The number of imidazole rings is 1. The molecule has 0 aliphatic heterocycles. The molecule has 2 aromatic heterocycles. The van der Waals surface area contributed by atoms with Crippen LogP contribution in [0.1, 0.15) is 11.3 Å². The van der Waals surface area contributed by atoms with Crippen molar-refractivity contribution < 1.29 is 0 Å². The van der Waals surface area contributed by atoms with Crippen LogP contribution in [0.4, 0.5) is 0 Å². The Morgan fingerprint density at radius 2 is 2.29 bits per heavy atom. The number of alkyl halides is 1. The summed E-state index contributed by atoms with van der Waals surface area (Å²) < 4.78 is 3.78. The molecule has 14 heavy (non-hydrogen) atoms. The quantitative estimate of drug-likeness (QED) is 0.718. The molecule has 0 unspecified atom stereocenters. The minimum absolute atomic E-state index is 0.458. The maximum absolute atomic E-state index is 5.66. The molecular formula is C9H11ClN4. The van der Waals surface area contributed by atoms with Gasteiger partial charge >= 0.3 is 0 Å². The van der Waals surface area contributed by atoms with Crippen molar-refractivity contribution in [2.75, 3.05) is 0 Å². The maximum atomic E-state index is 5.66. The highest BCUT2D eigenvalue weighted by atomic mass is 35.5. The molecule has 0 radical (unpaired) electrons. The van der Waals surface area contributed by atoms with E-state index in [1.54, 1.807) is 11.0 Å². The number of hydrogen-bond acceptors (Lipinski definition) is 2. The standard InChI is InChI=1S/C9H11ClN4/c1-13-4-8(3-12-13)5-14-6-9(2-10)11-7-14/h3-4,6-7H,2,5H2,1H3. The van der Waals surface area contributed by atoms with Gasteiger partial charge in [0.25, 0.3) is 0 Å². The molecule has 5 heteroatoms. The molecule has 2 aromatic rings. The molecule has 0 saturated carbocycles. The second kappa shape index (κ2) is 3.84. The first-order chi connectivity index (χ1) is 6.78. The molecule has 0 fully saturated rings. The minimum atomic E-state index is 0.458. The molecular weight excluding hydrogens is 200 g/mol. The van der Waals surface area contributed by atoms with Gasteiger partial charge in [0.15, 0.2) is 0 Å². The maximum Gasteiger partial charge on any atom is 0.0953 e. The van der Waals surface area contributed by atoms with E-state index in [1.165, 1.54) is 0 Å². The fourth-order valence-electron chi connectivity index (χ4n) is 1.33. The van der Waals surface area contributed by atoms with E-state index in [1.807, 2.05) is 30.2 Å². The van der Waals surface area contributed by atoms with Gasteiger partial charge in [0.1, 0.15) is 0 Å². The lowest BCUT2D eigenvalue weighted by molar-refractivity contribution is 0.762. The van der Waals surface area contributed by atoms with Gasteiger partial charge in [-0.25, -0.2) is 4.98 Å². The Bertz CT molecular complexity index is 418. The van der Waals surface area contributed by atoms with Gasteiger partial charge in [-0.05, 0) is 0 Å². The number of hydrogen-bond donors (Lipinski definition) is 0. The van der Waals surface area contributed by atoms with E-state index in [2.05, 4.69) is 10.1 Å².